The molecular formula is C13H20ClF3N2O. The first-order valence-corrected chi connectivity index (χ1v) is 7.06. The highest BCUT2D eigenvalue weighted by molar-refractivity contribution is 5.85. The Hall–Kier alpha value is -0.490. The van der Waals surface area contributed by atoms with E-state index in [2.05, 4.69) is 10.6 Å². The number of alkyl halides is 3. The first-order chi connectivity index (χ1) is 8.93. The molecule has 116 valence electrons. The SMILES string of the molecule is Cl.O=C(N[C@@H]1CCC[C@H](C(F)(F)F)C1)[C@@H]1C[C@H]2C[C@H]2N1. The van der Waals surface area contributed by atoms with Crippen molar-refractivity contribution in [2.24, 2.45) is 11.8 Å². The quantitative estimate of drug-likeness (QED) is 0.822. The molecule has 0 bridgehead atoms. The summed E-state index contributed by atoms with van der Waals surface area (Å²) in [5.41, 5.74) is 0. The Morgan fingerprint density at radius 3 is 2.50 bits per heavy atom. The number of carbonyl (C=O) groups excluding carboxylic acids is 1. The molecule has 1 saturated heterocycles. The van der Waals surface area contributed by atoms with Crippen LogP contribution in [0.3, 0.4) is 0 Å². The molecule has 3 nitrogen and oxygen atoms in total. The third-order valence-corrected chi connectivity index (χ3v) is 4.68. The van der Waals surface area contributed by atoms with Crippen molar-refractivity contribution in [1.29, 1.82) is 0 Å². The van der Waals surface area contributed by atoms with Gasteiger partial charge in [0.1, 0.15) is 0 Å². The highest BCUT2D eigenvalue weighted by atomic mass is 35.5. The Morgan fingerprint density at radius 1 is 1.15 bits per heavy atom. The second-order valence-electron chi connectivity index (χ2n) is 6.17. The predicted octanol–water partition coefficient (Wildman–Crippen LogP) is 2.40. The zero-order chi connectivity index (χ0) is 13.6. The standard InChI is InChI=1S/C13H19F3N2O.ClH/c14-13(15,16)8-2-1-3-9(6-8)17-12(19)11-5-7-4-10(7)18-11;/h7-11,18H,1-6H2,(H,17,19);1H/t7-,8+,9-,10-,11+;/m1./s1. The Morgan fingerprint density at radius 2 is 1.90 bits per heavy atom. The van der Waals surface area contributed by atoms with Gasteiger partial charge in [-0.2, -0.15) is 13.2 Å². The van der Waals surface area contributed by atoms with E-state index < -0.39 is 12.1 Å². The number of fused-ring (bicyclic) bond motifs is 1. The minimum atomic E-state index is -4.13. The average molecular weight is 313 g/mol. The summed E-state index contributed by atoms with van der Waals surface area (Å²) >= 11 is 0. The number of nitrogens with one attached hydrogen (secondary N) is 2. The number of hydrogen-bond donors (Lipinski definition) is 2. The molecule has 3 aliphatic rings. The number of carbonyl (C=O) groups is 1. The van der Waals surface area contributed by atoms with E-state index in [9.17, 15) is 18.0 Å². The molecule has 5 atom stereocenters. The minimum absolute atomic E-state index is 0. The maximum atomic E-state index is 12.7. The molecule has 1 amide bonds. The lowest BCUT2D eigenvalue weighted by molar-refractivity contribution is -0.184. The lowest BCUT2D eigenvalue weighted by Crippen LogP contribution is -2.48. The maximum absolute atomic E-state index is 12.7. The number of halogens is 4. The molecule has 0 aromatic rings. The van der Waals surface area contributed by atoms with E-state index in [-0.39, 0.29) is 43.2 Å². The molecular weight excluding hydrogens is 293 g/mol. The fourth-order valence-corrected chi connectivity index (χ4v) is 3.44. The minimum Gasteiger partial charge on any atom is -0.352 e. The van der Waals surface area contributed by atoms with Gasteiger partial charge in [0.05, 0.1) is 12.0 Å². The van der Waals surface area contributed by atoms with Crippen molar-refractivity contribution >= 4 is 18.3 Å². The highest BCUT2D eigenvalue weighted by Crippen LogP contribution is 2.41. The van der Waals surface area contributed by atoms with Crippen molar-refractivity contribution in [2.75, 3.05) is 0 Å². The average Bonchev–Trinajstić information content (AvgIpc) is 2.95. The molecule has 2 saturated carbocycles. The highest BCUT2D eigenvalue weighted by Gasteiger charge is 2.48. The molecule has 0 aromatic carbocycles. The second kappa shape index (κ2) is 5.72. The van der Waals surface area contributed by atoms with Crippen molar-refractivity contribution < 1.29 is 18.0 Å². The van der Waals surface area contributed by atoms with Crippen LogP contribution in [0.2, 0.25) is 0 Å². The number of amides is 1. The smallest absolute Gasteiger partial charge is 0.352 e. The Labute approximate surface area is 122 Å². The second-order valence-corrected chi connectivity index (χ2v) is 6.17. The summed E-state index contributed by atoms with van der Waals surface area (Å²) in [5, 5.41) is 6.03. The fraction of sp³-hybridized carbons (Fsp3) is 0.923. The van der Waals surface area contributed by atoms with Gasteiger partial charge in [0, 0.05) is 12.1 Å². The predicted molar refractivity (Wildman–Crippen MR) is 70.6 cm³/mol. The van der Waals surface area contributed by atoms with Gasteiger partial charge in [0.25, 0.3) is 0 Å². The summed E-state index contributed by atoms with van der Waals surface area (Å²) in [6, 6.07) is -0.0216. The zero-order valence-corrected chi connectivity index (χ0v) is 11.9. The van der Waals surface area contributed by atoms with Crippen molar-refractivity contribution in [2.45, 2.75) is 62.8 Å². The van der Waals surface area contributed by atoms with Crippen LogP contribution in [0.1, 0.15) is 38.5 Å². The first-order valence-electron chi connectivity index (χ1n) is 7.06. The Kier molecular flexibility index (Phi) is 4.54. The van der Waals surface area contributed by atoms with Crippen LogP contribution in [0.15, 0.2) is 0 Å². The van der Waals surface area contributed by atoms with Gasteiger partial charge in [-0.25, -0.2) is 0 Å². The molecule has 2 aliphatic carbocycles. The molecule has 0 spiro atoms. The number of piperidine rings is 1. The fourth-order valence-electron chi connectivity index (χ4n) is 3.44. The lowest BCUT2D eigenvalue weighted by Gasteiger charge is -2.31. The van der Waals surface area contributed by atoms with Crippen molar-refractivity contribution in [3.05, 3.63) is 0 Å². The normalized spacial score (nSPS) is 39.6. The molecule has 3 rings (SSSR count). The summed E-state index contributed by atoms with van der Waals surface area (Å²) in [7, 11) is 0. The van der Waals surface area contributed by atoms with E-state index in [4.69, 9.17) is 0 Å². The third kappa shape index (κ3) is 3.39. The van der Waals surface area contributed by atoms with Crippen molar-refractivity contribution in [3.63, 3.8) is 0 Å². The zero-order valence-electron chi connectivity index (χ0n) is 11.1. The summed E-state index contributed by atoms with van der Waals surface area (Å²) in [5.74, 6) is -0.749. The number of rotatable bonds is 2. The van der Waals surface area contributed by atoms with Gasteiger partial charge in [0.2, 0.25) is 5.91 Å². The van der Waals surface area contributed by atoms with Crippen LogP contribution in [0.5, 0.6) is 0 Å². The van der Waals surface area contributed by atoms with Gasteiger partial charge in [-0.3, -0.25) is 4.79 Å². The molecule has 1 heterocycles. The van der Waals surface area contributed by atoms with Gasteiger partial charge < -0.3 is 10.6 Å². The summed E-state index contributed by atoms with van der Waals surface area (Å²) in [6.45, 7) is 0. The molecule has 0 radical (unpaired) electrons. The van der Waals surface area contributed by atoms with E-state index in [0.29, 0.717) is 24.8 Å². The molecule has 3 fully saturated rings. The lowest BCUT2D eigenvalue weighted by atomic mass is 9.85. The molecule has 20 heavy (non-hydrogen) atoms. The van der Waals surface area contributed by atoms with Gasteiger partial charge in [-0.15, -0.1) is 12.4 Å². The largest absolute Gasteiger partial charge is 0.391 e. The van der Waals surface area contributed by atoms with Crippen molar-refractivity contribution in [3.8, 4) is 0 Å². The van der Waals surface area contributed by atoms with Crippen LogP contribution in [0, 0.1) is 11.8 Å². The van der Waals surface area contributed by atoms with Crippen LogP contribution in [-0.4, -0.2) is 30.2 Å². The van der Waals surface area contributed by atoms with Crippen LogP contribution in [-0.2, 0) is 4.79 Å². The third-order valence-electron chi connectivity index (χ3n) is 4.68. The topological polar surface area (TPSA) is 41.1 Å². The summed E-state index contributed by atoms with van der Waals surface area (Å²) < 4.78 is 38.1. The van der Waals surface area contributed by atoms with E-state index in [1.54, 1.807) is 0 Å². The summed E-state index contributed by atoms with van der Waals surface area (Å²) in [4.78, 5) is 12.0. The Bertz CT molecular complexity index is 367. The molecule has 2 N–H and O–H groups in total. The molecule has 0 aromatic heterocycles. The molecule has 0 unspecified atom stereocenters. The van der Waals surface area contributed by atoms with Gasteiger partial charge in [-0.05, 0) is 38.0 Å². The first kappa shape index (κ1) is 15.9. The maximum Gasteiger partial charge on any atom is 0.391 e. The number of hydrogen-bond acceptors (Lipinski definition) is 2. The Balaban J connectivity index is 0.00000147. The van der Waals surface area contributed by atoms with Gasteiger partial charge >= 0.3 is 6.18 Å². The van der Waals surface area contributed by atoms with E-state index in [1.165, 1.54) is 0 Å². The van der Waals surface area contributed by atoms with Crippen LogP contribution in [0.4, 0.5) is 13.2 Å². The molecule has 1 aliphatic heterocycles. The van der Waals surface area contributed by atoms with Crippen LogP contribution >= 0.6 is 12.4 Å². The van der Waals surface area contributed by atoms with Gasteiger partial charge in [0.15, 0.2) is 0 Å². The van der Waals surface area contributed by atoms with Gasteiger partial charge in [-0.1, -0.05) is 6.42 Å². The summed E-state index contributed by atoms with van der Waals surface area (Å²) in [6.07, 6.45) is -0.710. The van der Waals surface area contributed by atoms with Crippen LogP contribution in [0.25, 0.3) is 0 Å². The van der Waals surface area contributed by atoms with Crippen LogP contribution < -0.4 is 10.6 Å². The van der Waals surface area contributed by atoms with E-state index in [1.807, 2.05) is 0 Å². The van der Waals surface area contributed by atoms with Crippen molar-refractivity contribution in [1.82, 2.24) is 10.6 Å². The van der Waals surface area contributed by atoms with E-state index in [0.717, 1.165) is 12.8 Å². The monoisotopic (exact) mass is 312 g/mol. The van der Waals surface area contributed by atoms with E-state index >= 15 is 0 Å². The molecule has 7 heteroatoms.